The summed E-state index contributed by atoms with van der Waals surface area (Å²) in [4.78, 5) is 0. The quantitative estimate of drug-likeness (QED) is 0.741. The third-order valence-corrected chi connectivity index (χ3v) is 3.03. The van der Waals surface area contributed by atoms with Crippen molar-refractivity contribution in [2.75, 3.05) is 13.7 Å². The SMILES string of the molecule is COCc1c(CCN)nnn1CCC1CC1. The lowest BCUT2D eigenvalue weighted by Gasteiger charge is -2.06. The molecule has 5 heteroatoms. The highest BCUT2D eigenvalue weighted by Gasteiger charge is 2.22. The summed E-state index contributed by atoms with van der Waals surface area (Å²) in [6.45, 7) is 2.14. The highest BCUT2D eigenvalue weighted by atomic mass is 16.5. The van der Waals surface area contributed by atoms with E-state index < -0.39 is 0 Å². The Bertz CT molecular complexity index is 333. The average molecular weight is 224 g/mol. The van der Waals surface area contributed by atoms with Gasteiger partial charge in [-0.3, -0.25) is 0 Å². The Balaban J connectivity index is 2.02. The molecule has 5 nitrogen and oxygen atoms in total. The smallest absolute Gasteiger partial charge is 0.0900 e. The summed E-state index contributed by atoms with van der Waals surface area (Å²) in [5.41, 5.74) is 7.63. The molecule has 0 aromatic carbocycles. The van der Waals surface area contributed by atoms with E-state index in [1.54, 1.807) is 7.11 Å². The predicted molar refractivity (Wildman–Crippen MR) is 60.8 cm³/mol. The van der Waals surface area contributed by atoms with Crippen LogP contribution in [0.5, 0.6) is 0 Å². The van der Waals surface area contributed by atoms with E-state index in [-0.39, 0.29) is 0 Å². The average Bonchev–Trinajstić information content (AvgIpc) is 3.04. The molecule has 0 aliphatic heterocycles. The third-order valence-electron chi connectivity index (χ3n) is 3.03. The van der Waals surface area contributed by atoms with Crippen LogP contribution < -0.4 is 5.73 Å². The molecule has 0 radical (unpaired) electrons. The van der Waals surface area contributed by atoms with Crippen molar-refractivity contribution in [2.45, 2.75) is 38.8 Å². The molecule has 0 bridgehead atoms. The summed E-state index contributed by atoms with van der Waals surface area (Å²) in [5, 5.41) is 8.36. The maximum absolute atomic E-state index is 5.55. The first-order chi connectivity index (χ1) is 7.85. The van der Waals surface area contributed by atoms with Gasteiger partial charge in [-0.1, -0.05) is 18.1 Å². The van der Waals surface area contributed by atoms with Crippen molar-refractivity contribution in [2.24, 2.45) is 11.7 Å². The summed E-state index contributed by atoms with van der Waals surface area (Å²) in [6.07, 6.45) is 4.75. The third kappa shape index (κ3) is 2.80. The van der Waals surface area contributed by atoms with Gasteiger partial charge in [-0.05, 0) is 18.9 Å². The molecule has 1 aromatic rings. The zero-order valence-electron chi connectivity index (χ0n) is 9.85. The Hall–Kier alpha value is -0.940. The normalized spacial score (nSPS) is 15.6. The fourth-order valence-electron chi connectivity index (χ4n) is 1.89. The van der Waals surface area contributed by atoms with E-state index in [0.29, 0.717) is 13.2 Å². The maximum atomic E-state index is 5.55. The number of methoxy groups -OCH3 is 1. The van der Waals surface area contributed by atoms with Gasteiger partial charge < -0.3 is 10.5 Å². The molecule has 1 aliphatic carbocycles. The van der Waals surface area contributed by atoms with Crippen molar-refractivity contribution in [3.05, 3.63) is 11.4 Å². The topological polar surface area (TPSA) is 66.0 Å². The monoisotopic (exact) mass is 224 g/mol. The van der Waals surface area contributed by atoms with Crippen molar-refractivity contribution < 1.29 is 4.74 Å². The van der Waals surface area contributed by atoms with Gasteiger partial charge in [0, 0.05) is 20.1 Å². The summed E-state index contributed by atoms with van der Waals surface area (Å²) >= 11 is 0. The van der Waals surface area contributed by atoms with Gasteiger partial charge in [0.2, 0.25) is 0 Å². The van der Waals surface area contributed by atoms with E-state index >= 15 is 0 Å². The van der Waals surface area contributed by atoms with E-state index in [2.05, 4.69) is 10.3 Å². The predicted octanol–water partition coefficient (Wildman–Crippen LogP) is 0.726. The largest absolute Gasteiger partial charge is 0.378 e. The van der Waals surface area contributed by atoms with E-state index in [1.807, 2.05) is 4.68 Å². The molecule has 1 aromatic heterocycles. The second kappa shape index (κ2) is 5.41. The molecule has 0 atom stereocenters. The maximum Gasteiger partial charge on any atom is 0.0900 e. The Kier molecular flexibility index (Phi) is 3.90. The van der Waals surface area contributed by atoms with Crippen LogP contribution >= 0.6 is 0 Å². The standard InChI is InChI=1S/C11H20N4O/c1-16-8-11-10(4-6-12)13-14-15(11)7-5-9-2-3-9/h9H,2-8,12H2,1H3. The van der Waals surface area contributed by atoms with E-state index in [0.717, 1.165) is 30.3 Å². The first-order valence-electron chi connectivity index (χ1n) is 5.95. The molecule has 1 heterocycles. The molecule has 1 fully saturated rings. The molecule has 2 N–H and O–H groups in total. The number of hydrogen-bond donors (Lipinski definition) is 1. The van der Waals surface area contributed by atoms with Gasteiger partial charge in [-0.25, -0.2) is 4.68 Å². The zero-order chi connectivity index (χ0) is 11.4. The van der Waals surface area contributed by atoms with Gasteiger partial charge in [0.25, 0.3) is 0 Å². The number of hydrogen-bond acceptors (Lipinski definition) is 4. The first-order valence-corrected chi connectivity index (χ1v) is 5.95. The molecule has 1 aliphatic rings. The number of nitrogens with zero attached hydrogens (tertiary/aromatic N) is 3. The molecular weight excluding hydrogens is 204 g/mol. The minimum Gasteiger partial charge on any atom is -0.378 e. The molecule has 0 spiro atoms. The van der Waals surface area contributed by atoms with Crippen LogP contribution in [0.25, 0.3) is 0 Å². The lowest BCUT2D eigenvalue weighted by atomic mass is 10.2. The summed E-state index contributed by atoms with van der Waals surface area (Å²) in [6, 6.07) is 0. The Morgan fingerprint density at radius 1 is 1.50 bits per heavy atom. The van der Waals surface area contributed by atoms with E-state index in [1.165, 1.54) is 19.3 Å². The van der Waals surface area contributed by atoms with Gasteiger partial charge in [0.05, 0.1) is 18.0 Å². The van der Waals surface area contributed by atoms with Gasteiger partial charge >= 0.3 is 0 Å². The number of nitrogens with two attached hydrogens (primary N) is 1. The van der Waals surface area contributed by atoms with Crippen molar-refractivity contribution in [1.82, 2.24) is 15.0 Å². The van der Waals surface area contributed by atoms with Crippen molar-refractivity contribution in [3.8, 4) is 0 Å². The van der Waals surface area contributed by atoms with Crippen LogP contribution in [0.4, 0.5) is 0 Å². The van der Waals surface area contributed by atoms with Crippen LogP contribution in [-0.2, 0) is 24.3 Å². The van der Waals surface area contributed by atoms with Crippen LogP contribution in [0.15, 0.2) is 0 Å². The first kappa shape index (κ1) is 11.5. The van der Waals surface area contributed by atoms with Crippen LogP contribution in [0.1, 0.15) is 30.7 Å². The van der Waals surface area contributed by atoms with Gasteiger partial charge in [-0.2, -0.15) is 0 Å². The van der Waals surface area contributed by atoms with Crippen molar-refractivity contribution in [1.29, 1.82) is 0 Å². The zero-order valence-corrected chi connectivity index (χ0v) is 9.85. The minimum absolute atomic E-state index is 0.576. The molecule has 16 heavy (non-hydrogen) atoms. The molecule has 0 amide bonds. The molecule has 90 valence electrons. The highest BCUT2D eigenvalue weighted by Crippen LogP contribution is 2.32. The molecule has 2 rings (SSSR count). The fourth-order valence-corrected chi connectivity index (χ4v) is 1.89. The minimum atomic E-state index is 0.576. The summed E-state index contributed by atoms with van der Waals surface area (Å²) in [7, 11) is 1.70. The molecule has 0 unspecified atom stereocenters. The fraction of sp³-hybridized carbons (Fsp3) is 0.818. The van der Waals surface area contributed by atoms with Gasteiger partial charge in [-0.15, -0.1) is 5.10 Å². The number of aryl methyl sites for hydroxylation is 1. The second-order valence-corrected chi connectivity index (χ2v) is 4.41. The number of ether oxygens (including phenoxy) is 1. The van der Waals surface area contributed by atoms with E-state index in [4.69, 9.17) is 10.5 Å². The Morgan fingerprint density at radius 2 is 2.31 bits per heavy atom. The highest BCUT2D eigenvalue weighted by molar-refractivity contribution is 5.09. The van der Waals surface area contributed by atoms with Crippen LogP contribution in [0.3, 0.4) is 0 Å². The molecular formula is C11H20N4O. The lowest BCUT2D eigenvalue weighted by Crippen LogP contribution is -2.10. The van der Waals surface area contributed by atoms with Crippen molar-refractivity contribution >= 4 is 0 Å². The summed E-state index contributed by atoms with van der Waals surface area (Å²) < 4.78 is 7.17. The van der Waals surface area contributed by atoms with Gasteiger partial charge in [0.15, 0.2) is 0 Å². The molecule has 1 saturated carbocycles. The second-order valence-electron chi connectivity index (χ2n) is 4.41. The Labute approximate surface area is 96.0 Å². The molecule has 0 saturated heterocycles. The lowest BCUT2D eigenvalue weighted by molar-refractivity contribution is 0.175. The van der Waals surface area contributed by atoms with Crippen molar-refractivity contribution in [3.63, 3.8) is 0 Å². The van der Waals surface area contributed by atoms with Crippen LogP contribution in [0, 0.1) is 5.92 Å². The number of rotatable bonds is 7. The summed E-state index contributed by atoms with van der Waals surface area (Å²) in [5.74, 6) is 0.914. The van der Waals surface area contributed by atoms with Gasteiger partial charge in [0.1, 0.15) is 0 Å². The van der Waals surface area contributed by atoms with E-state index in [9.17, 15) is 0 Å². The van der Waals surface area contributed by atoms with Crippen LogP contribution in [0.2, 0.25) is 0 Å². The Morgan fingerprint density at radius 3 is 2.94 bits per heavy atom. The van der Waals surface area contributed by atoms with Crippen LogP contribution in [-0.4, -0.2) is 28.6 Å². The number of aromatic nitrogens is 3.